The van der Waals surface area contributed by atoms with Gasteiger partial charge >= 0.3 is 0 Å². The van der Waals surface area contributed by atoms with Gasteiger partial charge in [-0.3, -0.25) is 5.01 Å². The second kappa shape index (κ2) is 5.62. The molecule has 4 heteroatoms. The fraction of sp³-hybridized carbons (Fsp3) is 0.727. The van der Waals surface area contributed by atoms with Gasteiger partial charge in [0.25, 0.3) is 0 Å². The molecule has 26 heavy (non-hydrogen) atoms. The molecule has 4 N–H and O–H groups in total. The second-order valence-corrected chi connectivity index (χ2v) is 9.99. The number of nitrogens with zero attached hydrogens (tertiary/aromatic N) is 1. The van der Waals surface area contributed by atoms with Crippen LogP contribution in [0.5, 0.6) is 0 Å². The minimum atomic E-state index is 0.275. The van der Waals surface area contributed by atoms with Crippen molar-refractivity contribution in [1.29, 1.82) is 0 Å². The van der Waals surface area contributed by atoms with Gasteiger partial charge in [-0.05, 0) is 67.6 Å². The lowest BCUT2D eigenvalue weighted by Gasteiger charge is -2.58. The molecule has 0 spiro atoms. The predicted octanol–water partition coefficient (Wildman–Crippen LogP) is 3.81. The lowest BCUT2D eigenvalue weighted by molar-refractivity contribution is -0.0395. The molecular weight excluding hydrogens is 320 g/mol. The monoisotopic (exact) mass is 354 g/mol. The molecule has 1 aliphatic heterocycles. The van der Waals surface area contributed by atoms with Crippen LogP contribution in [0.2, 0.25) is 0 Å². The number of allylic oxidation sites excluding steroid dienone is 3. The molecule has 142 valence electrons. The smallest absolute Gasteiger partial charge is 0.0402 e. The number of hydrogen-bond acceptors (Lipinski definition) is 4. The van der Waals surface area contributed by atoms with E-state index in [1.165, 1.54) is 37.8 Å². The van der Waals surface area contributed by atoms with Crippen LogP contribution in [-0.2, 0) is 0 Å². The number of rotatable bonds is 1. The van der Waals surface area contributed by atoms with Gasteiger partial charge in [0.2, 0.25) is 0 Å². The van der Waals surface area contributed by atoms with E-state index in [2.05, 4.69) is 55.1 Å². The number of nitrogens with one attached hydrogen (secondary N) is 2. The van der Waals surface area contributed by atoms with Gasteiger partial charge in [0.1, 0.15) is 0 Å². The molecule has 1 heterocycles. The summed E-state index contributed by atoms with van der Waals surface area (Å²) >= 11 is 0. The van der Waals surface area contributed by atoms with Gasteiger partial charge in [0.15, 0.2) is 0 Å². The van der Waals surface area contributed by atoms with E-state index in [-0.39, 0.29) is 5.41 Å². The van der Waals surface area contributed by atoms with E-state index in [1.54, 1.807) is 5.57 Å². The molecule has 4 nitrogen and oxygen atoms in total. The molecule has 5 rings (SSSR count). The van der Waals surface area contributed by atoms with E-state index < -0.39 is 0 Å². The van der Waals surface area contributed by atoms with Gasteiger partial charge in [-0.15, -0.1) is 5.53 Å². The average molecular weight is 355 g/mol. The molecule has 2 saturated carbocycles. The summed E-state index contributed by atoms with van der Waals surface area (Å²) in [6, 6.07) is 0.388. The Balaban J connectivity index is 1.49. The van der Waals surface area contributed by atoms with E-state index in [0.717, 1.165) is 24.2 Å². The molecule has 5 aliphatic rings. The Morgan fingerprint density at radius 1 is 1.19 bits per heavy atom. The Morgan fingerprint density at radius 2 is 2.00 bits per heavy atom. The fourth-order valence-electron chi connectivity index (χ4n) is 7.51. The summed E-state index contributed by atoms with van der Waals surface area (Å²) in [5.74, 6) is 3.03. The van der Waals surface area contributed by atoms with Crippen molar-refractivity contribution in [3.63, 3.8) is 0 Å². The van der Waals surface area contributed by atoms with Gasteiger partial charge in [-0.1, -0.05) is 38.5 Å². The van der Waals surface area contributed by atoms with Crippen LogP contribution in [0.3, 0.4) is 0 Å². The first-order valence-electron chi connectivity index (χ1n) is 10.6. The zero-order valence-corrected chi connectivity index (χ0v) is 16.5. The number of hydrazine groups is 2. The van der Waals surface area contributed by atoms with Crippen molar-refractivity contribution in [2.45, 2.75) is 65.3 Å². The zero-order valence-electron chi connectivity index (χ0n) is 16.5. The first kappa shape index (κ1) is 16.9. The van der Waals surface area contributed by atoms with Gasteiger partial charge in [0.05, 0.1) is 0 Å². The van der Waals surface area contributed by atoms with Crippen molar-refractivity contribution < 1.29 is 0 Å². The third kappa shape index (κ3) is 2.15. The van der Waals surface area contributed by atoms with E-state index in [1.807, 2.05) is 6.20 Å². The van der Waals surface area contributed by atoms with E-state index in [9.17, 15) is 0 Å². The summed E-state index contributed by atoms with van der Waals surface area (Å²) in [7, 11) is 0. The first-order valence-corrected chi connectivity index (χ1v) is 10.6. The Bertz CT molecular complexity index is 694. The van der Waals surface area contributed by atoms with Crippen molar-refractivity contribution in [3.8, 4) is 0 Å². The molecule has 0 saturated heterocycles. The summed E-state index contributed by atoms with van der Waals surface area (Å²) in [6.45, 7) is 7.53. The number of nitrogens with two attached hydrogens (primary N) is 1. The molecule has 2 fully saturated rings. The molecule has 0 bridgehead atoms. The van der Waals surface area contributed by atoms with Crippen LogP contribution in [0.25, 0.3) is 0 Å². The topological polar surface area (TPSA) is 53.3 Å². The Kier molecular flexibility index (Phi) is 3.65. The van der Waals surface area contributed by atoms with Crippen LogP contribution < -0.4 is 16.7 Å². The minimum absolute atomic E-state index is 0.275. The van der Waals surface area contributed by atoms with E-state index >= 15 is 0 Å². The Morgan fingerprint density at radius 3 is 2.77 bits per heavy atom. The van der Waals surface area contributed by atoms with E-state index in [0.29, 0.717) is 17.4 Å². The number of fused-ring (bicyclic) bond motifs is 5. The summed E-state index contributed by atoms with van der Waals surface area (Å²) < 4.78 is 0. The molecule has 4 aliphatic carbocycles. The van der Waals surface area contributed by atoms with Crippen LogP contribution in [0.15, 0.2) is 35.8 Å². The standard InChI is InChI=1S/C22H34N4/c1-14-12-19(26-11-10-24-25-26)22(3)9-7-18-17(20(14)22)5-4-15-13-16(23)6-8-21(15,18)2/h4,10-12,14,16-18,20,24-25H,5-9,13,23H2,1-3H3/t14?,16-,17?,18?,20?,21-,22+/m0/s1. The minimum Gasteiger partial charge on any atom is -0.327 e. The van der Waals surface area contributed by atoms with Gasteiger partial charge in [0, 0.05) is 29.6 Å². The quantitative estimate of drug-likeness (QED) is 0.627. The highest BCUT2D eigenvalue weighted by Gasteiger charge is 2.59. The second-order valence-electron chi connectivity index (χ2n) is 9.99. The highest BCUT2D eigenvalue weighted by molar-refractivity contribution is 5.31. The maximum absolute atomic E-state index is 6.31. The van der Waals surface area contributed by atoms with Crippen LogP contribution >= 0.6 is 0 Å². The summed E-state index contributed by atoms with van der Waals surface area (Å²) in [5, 5.41) is 2.21. The molecule has 7 atom stereocenters. The van der Waals surface area contributed by atoms with Crippen LogP contribution in [0, 0.1) is 34.5 Å². The van der Waals surface area contributed by atoms with Gasteiger partial charge < -0.3 is 11.2 Å². The predicted molar refractivity (Wildman–Crippen MR) is 105 cm³/mol. The van der Waals surface area contributed by atoms with Crippen molar-refractivity contribution in [1.82, 2.24) is 16.0 Å². The first-order chi connectivity index (χ1) is 12.4. The lowest BCUT2D eigenvalue weighted by atomic mass is 9.47. The van der Waals surface area contributed by atoms with Crippen LogP contribution in [-0.4, -0.2) is 11.1 Å². The van der Waals surface area contributed by atoms with Gasteiger partial charge in [-0.25, -0.2) is 0 Å². The molecule has 4 unspecified atom stereocenters. The molecular formula is C22H34N4. The summed E-state index contributed by atoms with van der Waals surface area (Å²) in [5.41, 5.74) is 16.5. The SMILES string of the molecule is CC1C=C(N2C=CNN2)[C@@]2(C)CCC3C(CC=C4C[C@@H](N)CC[C@@]43C)C12. The molecule has 0 radical (unpaired) electrons. The normalized spacial score (nSPS) is 49.7. The summed E-state index contributed by atoms with van der Waals surface area (Å²) in [4.78, 5) is 0. The maximum atomic E-state index is 6.31. The third-order valence-electron chi connectivity index (χ3n) is 8.72. The molecule has 0 aromatic rings. The molecule has 0 aromatic heterocycles. The maximum Gasteiger partial charge on any atom is 0.0402 e. The van der Waals surface area contributed by atoms with Crippen LogP contribution in [0.4, 0.5) is 0 Å². The highest BCUT2D eigenvalue weighted by Crippen LogP contribution is 2.66. The molecule has 0 aromatic carbocycles. The van der Waals surface area contributed by atoms with Crippen molar-refractivity contribution in [2.24, 2.45) is 40.2 Å². The summed E-state index contributed by atoms with van der Waals surface area (Å²) in [6.07, 6.45) is 16.8. The largest absolute Gasteiger partial charge is 0.327 e. The zero-order chi connectivity index (χ0) is 18.1. The van der Waals surface area contributed by atoms with Crippen molar-refractivity contribution in [3.05, 3.63) is 35.8 Å². The number of hydrogen-bond donors (Lipinski definition) is 3. The fourth-order valence-corrected chi connectivity index (χ4v) is 7.51. The highest BCUT2D eigenvalue weighted by atomic mass is 15.7. The van der Waals surface area contributed by atoms with Gasteiger partial charge in [-0.2, -0.15) is 0 Å². The van der Waals surface area contributed by atoms with Crippen molar-refractivity contribution in [2.75, 3.05) is 0 Å². The van der Waals surface area contributed by atoms with Crippen molar-refractivity contribution >= 4 is 0 Å². The van der Waals surface area contributed by atoms with Crippen LogP contribution in [0.1, 0.15) is 59.3 Å². The Labute approximate surface area is 157 Å². The average Bonchev–Trinajstić information content (AvgIpc) is 3.21. The third-order valence-corrected chi connectivity index (χ3v) is 8.72. The molecule has 0 amide bonds. The van der Waals surface area contributed by atoms with E-state index in [4.69, 9.17) is 5.73 Å². The Hall–Kier alpha value is -1.26. The lowest BCUT2D eigenvalue weighted by Crippen LogP contribution is -2.53.